The van der Waals surface area contributed by atoms with E-state index in [2.05, 4.69) is 9.68 Å². The van der Waals surface area contributed by atoms with Crippen molar-refractivity contribution in [1.82, 2.24) is 10.1 Å². The SMILES string of the molecule is O=C(OCCCCCOC(=O)ON1C(=O)CCC1=O)ON1C(=O)CCC1=O.[LiH]. The van der Waals surface area contributed by atoms with Crippen LogP contribution in [0, 0.1) is 0 Å². The van der Waals surface area contributed by atoms with E-state index in [9.17, 15) is 28.8 Å². The maximum atomic E-state index is 11.3. The molecule has 2 saturated heterocycles. The molecule has 0 N–H and O–H groups in total. The molecule has 2 fully saturated rings. The van der Waals surface area contributed by atoms with Crippen molar-refractivity contribution in [2.45, 2.75) is 44.9 Å². The number of hydrogen-bond donors (Lipinski definition) is 0. The number of carbonyl (C=O) groups excluding carboxylic acids is 6. The van der Waals surface area contributed by atoms with E-state index in [1.807, 2.05) is 0 Å². The first-order valence-electron chi connectivity index (χ1n) is 8.29. The van der Waals surface area contributed by atoms with E-state index in [0.717, 1.165) is 0 Å². The summed E-state index contributed by atoms with van der Waals surface area (Å²) in [6.45, 7) is -0.0352. The van der Waals surface area contributed by atoms with Crippen LogP contribution in [-0.2, 0) is 38.3 Å². The van der Waals surface area contributed by atoms with Crippen molar-refractivity contribution < 1.29 is 47.9 Å². The molecular formula is C15H19LiN2O10. The summed E-state index contributed by atoms with van der Waals surface area (Å²) < 4.78 is 9.44. The van der Waals surface area contributed by atoms with Crippen molar-refractivity contribution >= 4 is 54.8 Å². The molecule has 4 amide bonds. The molecule has 2 rings (SSSR count). The Bertz CT molecular complexity index is 567. The Labute approximate surface area is 171 Å². The molecule has 0 aromatic heterocycles. The summed E-state index contributed by atoms with van der Waals surface area (Å²) in [6, 6.07) is 0. The van der Waals surface area contributed by atoms with Crippen LogP contribution < -0.4 is 0 Å². The number of amides is 4. The van der Waals surface area contributed by atoms with E-state index in [1.165, 1.54) is 0 Å². The van der Waals surface area contributed by atoms with E-state index in [1.54, 1.807) is 0 Å². The second kappa shape index (κ2) is 11.3. The van der Waals surface area contributed by atoms with Gasteiger partial charge in [-0.3, -0.25) is 28.9 Å². The molecule has 12 nitrogen and oxygen atoms in total. The molecule has 13 heteroatoms. The zero-order valence-corrected chi connectivity index (χ0v) is 14.3. The van der Waals surface area contributed by atoms with Crippen LogP contribution in [0.3, 0.4) is 0 Å². The van der Waals surface area contributed by atoms with E-state index >= 15 is 0 Å². The average molecular weight is 394 g/mol. The second-order valence-corrected chi connectivity index (χ2v) is 5.60. The Hall–Kier alpha value is -2.58. The summed E-state index contributed by atoms with van der Waals surface area (Å²) in [5, 5.41) is 0.773. The second-order valence-electron chi connectivity index (χ2n) is 5.60. The number of unbranched alkanes of at least 4 members (excludes halogenated alkanes) is 2. The van der Waals surface area contributed by atoms with Gasteiger partial charge in [-0.25, -0.2) is 9.59 Å². The predicted molar refractivity (Wildman–Crippen MR) is 88.0 cm³/mol. The predicted octanol–water partition coefficient (Wildman–Crippen LogP) is -0.0574. The first-order valence-corrected chi connectivity index (χ1v) is 8.29. The summed E-state index contributed by atoms with van der Waals surface area (Å²) in [4.78, 5) is 76.7. The van der Waals surface area contributed by atoms with Gasteiger partial charge in [-0.1, -0.05) is 10.1 Å². The van der Waals surface area contributed by atoms with Crippen molar-refractivity contribution in [2.75, 3.05) is 13.2 Å². The van der Waals surface area contributed by atoms with Crippen LogP contribution in [0.2, 0.25) is 0 Å². The van der Waals surface area contributed by atoms with E-state index in [-0.39, 0.29) is 57.8 Å². The van der Waals surface area contributed by atoms with Crippen LogP contribution in [0.5, 0.6) is 0 Å². The first kappa shape index (κ1) is 23.5. The summed E-state index contributed by atoms with van der Waals surface area (Å²) in [5.74, 6) is -2.40. The molecule has 0 aromatic carbocycles. The fourth-order valence-corrected chi connectivity index (χ4v) is 2.21. The normalized spacial score (nSPS) is 16.1. The summed E-state index contributed by atoms with van der Waals surface area (Å²) in [5.41, 5.74) is 0. The van der Waals surface area contributed by atoms with Crippen molar-refractivity contribution in [1.29, 1.82) is 0 Å². The van der Waals surface area contributed by atoms with E-state index in [0.29, 0.717) is 29.4 Å². The van der Waals surface area contributed by atoms with E-state index in [4.69, 9.17) is 9.47 Å². The molecule has 28 heavy (non-hydrogen) atoms. The van der Waals surface area contributed by atoms with Crippen molar-refractivity contribution in [3.8, 4) is 0 Å². The molecule has 2 heterocycles. The van der Waals surface area contributed by atoms with Gasteiger partial charge in [0.15, 0.2) is 0 Å². The summed E-state index contributed by atoms with van der Waals surface area (Å²) in [7, 11) is 0. The number of hydrogen-bond acceptors (Lipinski definition) is 10. The zero-order valence-electron chi connectivity index (χ0n) is 14.3. The Morgan fingerprint density at radius 3 is 1.29 bits per heavy atom. The molecule has 0 radical (unpaired) electrons. The summed E-state index contributed by atoms with van der Waals surface area (Å²) in [6.07, 6.45) is -0.982. The molecule has 0 bridgehead atoms. The molecule has 150 valence electrons. The third kappa shape index (κ3) is 6.86. The van der Waals surface area contributed by atoms with E-state index < -0.39 is 35.9 Å². The van der Waals surface area contributed by atoms with Crippen LogP contribution in [0.1, 0.15) is 44.9 Å². The van der Waals surface area contributed by atoms with Crippen molar-refractivity contribution in [3.05, 3.63) is 0 Å². The fourth-order valence-electron chi connectivity index (χ4n) is 2.21. The molecule has 0 spiro atoms. The molecule has 0 aliphatic carbocycles. The molecule has 0 aromatic rings. The Kier molecular flexibility index (Phi) is 9.47. The zero-order chi connectivity index (χ0) is 19.8. The van der Waals surface area contributed by atoms with Crippen LogP contribution in [0.25, 0.3) is 0 Å². The number of imide groups is 2. The summed E-state index contributed by atoms with van der Waals surface area (Å²) >= 11 is 0. The van der Waals surface area contributed by atoms with Gasteiger partial charge in [0.2, 0.25) is 0 Å². The molecule has 2 aliphatic heterocycles. The Morgan fingerprint density at radius 1 is 0.643 bits per heavy atom. The molecule has 0 saturated carbocycles. The van der Waals surface area contributed by atoms with Gasteiger partial charge in [-0.15, -0.1) is 0 Å². The van der Waals surface area contributed by atoms with Crippen molar-refractivity contribution in [2.24, 2.45) is 0 Å². The van der Waals surface area contributed by atoms with Crippen LogP contribution in [-0.4, -0.2) is 78.1 Å². The fraction of sp³-hybridized carbons (Fsp3) is 0.600. The van der Waals surface area contributed by atoms with Gasteiger partial charge in [-0.2, -0.15) is 0 Å². The molecule has 0 atom stereocenters. The Morgan fingerprint density at radius 2 is 0.964 bits per heavy atom. The van der Waals surface area contributed by atoms with Gasteiger partial charge in [0.25, 0.3) is 23.6 Å². The molecule has 2 aliphatic rings. The molecule has 0 unspecified atom stereocenters. The maximum absolute atomic E-state index is 11.3. The van der Waals surface area contributed by atoms with Gasteiger partial charge in [0.05, 0.1) is 13.2 Å². The topological polar surface area (TPSA) is 146 Å². The third-order valence-electron chi connectivity index (χ3n) is 3.57. The first-order chi connectivity index (χ1) is 12.9. The standard InChI is InChI=1S/C15H18N2O10.Li.H/c18-10-4-5-11(19)16(10)26-14(22)24-8-2-1-3-9-25-15(23)27-17-12(20)6-7-13(17)21;;/h1-9H2;;. The monoisotopic (exact) mass is 394 g/mol. The number of ether oxygens (including phenoxy) is 2. The van der Waals surface area contributed by atoms with Gasteiger partial charge in [0.1, 0.15) is 0 Å². The van der Waals surface area contributed by atoms with Crippen LogP contribution in [0.15, 0.2) is 0 Å². The Balaban J connectivity index is 0.00000392. The van der Waals surface area contributed by atoms with Gasteiger partial charge >= 0.3 is 31.2 Å². The number of nitrogens with zero attached hydrogens (tertiary/aromatic N) is 2. The van der Waals surface area contributed by atoms with Crippen LogP contribution >= 0.6 is 0 Å². The number of rotatable bonds is 8. The van der Waals surface area contributed by atoms with Gasteiger partial charge < -0.3 is 9.47 Å². The number of hydroxylamine groups is 4. The minimum atomic E-state index is -1.15. The van der Waals surface area contributed by atoms with Crippen molar-refractivity contribution in [3.63, 3.8) is 0 Å². The van der Waals surface area contributed by atoms with Gasteiger partial charge in [-0.05, 0) is 19.3 Å². The number of carbonyl (C=O) groups is 6. The minimum absolute atomic E-state index is 0. The third-order valence-corrected chi connectivity index (χ3v) is 3.57. The quantitative estimate of drug-likeness (QED) is 0.237. The van der Waals surface area contributed by atoms with Gasteiger partial charge in [0, 0.05) is 25.7 Å². The van der Waals surface area contributed by atoms with Crippen LogP contribution in [0.4, 0.5) is 9.59 Å². The average Bonchev–Trinajstić information content (AvgIpc) is 3.11. The molecular weight excluding hydrogens is 375 g/mol.